The Hall–Kier alpha value is -1.10. The molecule has 19 heavy (non-hydrogen) atoms. The second-order valence-corrected chi connectivity index (χ2v) is 5.69. The number of hydrogen-bond donors (Lipinski definition) is 2. The lowest BCUT2D eigenvalue weighted by atomic mass is 10.0. The Morgan fingerprint density at radius 2 is 1.74 bits per heavy atom. The molecule has 2 unspecified atom stereocenters. The molecule has 5 heteroatoms. The van der Waals surface area contributed by atoms with Gasteiger partial charge < -0.3 is 15.2 Å². The number of carboxylic acids is 1. The molecule has 0 aromatic heterocycles. The van der Waals surface area contributed by atoms with Crippen LogP contribution in [-0.4, -0.2) is 35.7 Å². The van der Waals surface area contributed by atoms with Gasteiger partial charge in [-0.15, -0.1) is 0 Å². The third-order valence-electron chi connectivity index (χ3n) is 2.78. The van der Waals surface area contributed by atoms with Crippen LogP contribution in [0.2, 0.25) is 0 Å². The molecule has 0 spiro atoms. The predicted molar refractivity (Wildman–Crippen MR) is 73.9 cm³/mol. The number of rotatable bonds is 9. The number of hydrogen-bond acceptors (Lipinski definition) is 3. The van der Waals surface area contributed by atoms with Crippen LogP contribution in [0, 0.1) is 11.8 Å². The lowest BCUT2D eigenvalue weighted by molar-refractivity contribution is -0.143. The summed E-state index contributed by atoms with van der Waals surface area (Å²) in [5.74, 6) is -0.862. The van der Waals surface area contributed by atoms with Gasteiger partial charge in [-0.1, -0.05) is 27.7 Å². The molecule has 0 aliphatic carbocycles. The second-order valence-electron chi connectivity index (χ2n) is 5.69. The number of aliphatic carboxylic acids is 1. The number of carboxylic acid groups (broad SMARTS) is 1. The van der Waals surface area contributed by atoms with E-state index >= 15 is 0 Å². The zero-order chi connectivity index (χ0) is 15.0. The van der Waals surface area contributed by atoms with Crippen LogP contribution < -0.4 is 5.32 Å². The lowest BCUT2D eigenvalue weighted by Crippen LogP contribution is -2.44. The van der Waals surface area contributed by atoms with E-state index < -0.39 is 12.0 Å². The maximum atomic E-state index is 11.6. The SMILES string of the molecule is CC(C)CC(C)OCCC(=O)NC(C(=O)O)C(C)C. The first-order valence-electron chi connectivity index (χ1n) is 6.87. The molecule has 0 aromatic rings. The van der Waals surface area contributed by atoms with Crippen LogP contribution in [0.4, 0.5) is 0 Å². The Balaban J connectivity index is 3.95. The quantitative estimate of drug-likeness (QED) is 0.674. The standard InChI is InChI=1S/C14H27NO4/c1-9(2)8-11(5)19-7-6-12(16)15-13(10(3)4)14(17)18/h9-11,13H,6-8H2,1-5H3,(H,15,16)(H,17,18). The van der Waals surface area contributed by atoms with Gasteiger partial charge in [0.2, 0.25) is 5.91 Å². The molecule has 1 amide bonds. The minimum atomic E-state index is -1.00. The normalized spacial score (nSPS) is 14.5. The largest absolute Gasteiger partial charge is 0.480 e. The first-order chi connectivity index (χ1) is 8.73. The van der Waals surface area contributed by atoms with Crippen LogP contribution >= 0.6 is 0 Å². The average Bonchev–Trinajstić information content (AvgIpc) is 2.23. The van der Waals surface area contributed by atoms with E-state index in [4.69, 9.17) is 9.84 Å². The molecule has 2 N–H and O–H groups in total. The van der Waals surface area contributed by atoms with Crippen molar-refractivity contribution in [1.29, 1.82) is 0 Å². The second kappa shape index (κ2) is 8.91. The van der Waals surface area contributed by atoms with Crippen molar-refractivity contribution in [2.45, 2.75) is 59.6 Å². The summed E-state index contributed by atoms with van der Waals surface area (Å²) in [5.41, 5.74) is 0. The van der Waals surface area contributed by atoms with Crippen molar-refractivity contribution < 1.29 is 19.4 Å². The smallest absolute Gasteiger partial charge is 0.326 e. The highest BCUT2D eigenvalue weighted by molar-refractivity contribution is 5.83. The first kappa shape index (κ1) is 17.9. The van der Waals surface area contributed by atoms with Gasteiger partial charge >= 0.3 is 5.97 Å². The molecule has 0 aliphatic rings. The summed E-state index contributed by atoms with van der Waals surface area (Å²) < 4.78 is 5.52. The van der Waals surface area contributed by atoms with Crippen molar-refractivity contribution >= 4 is 11.9 Å². The van der Waals surface area contributed by atoms with Crippen LogP contribution in [0.1, 0.15) is 47.5 Å². The zero-order valence-corrected chi connectivity index (χ0v) is 12.6. The monoisotopic (exact) mass is 273 g/mol. The first-order valence-corrected chi connectivity index (χ1v) is 6.87. The maximum Gasteiger partial charge on any atom is 0.326 e. The van der Waals surface area contributed by atoms with Gasteiger partial charge in [0.25, 0.3) is 0 Å². The Morgan fingerprint density at radius 1 is 1.16 bits per heavy atom. The van der Waals surface area contributed by atoms with Crippen LogP contribution in [-0.2, 0) is 14.3 Å². The van der Waals surface area contributed by atoms with Crippen LogP contribution in [0.3, 0.4) is 0 Å². The third-order valence-corrected chi connectivity index (χ3v) is 2.78. The van der Waals surface area contributed by atoms with E-state index in [1.54, 1.807) is 13.8 Å². The molecule has 0 fully saturated rings. The summed E-state index contributed by atoms with van der Waals surface area (Å²) >= 11 is 0. The molecule has 0 aliphatic heterocycles. The molecular formula is C14H27NO4. The molecule has 0 radical (unpaired) electrons. The van der Waals surface area contributed by atoms with Gasteiger partial charge in [0.05, 0.1) is 12.7 Å². The number of nitrogens with one attached hydrogen (secondary N) is 1. The van der Waals surface area contributed by atoms with Crippen LogP contribution in [0.25, 0.3) is 0 Å². The number of carbonyl (C=O) groups is 2. The number of amides is 1. The highest BCUT2D eigenvalue weighted by Gasteiger charge is 2.23. The molecule has 0 rings (SSSR count). The number of carbonyl (C=O) groups excluding carboxylic acids is 1. The fourth-order valence-electron chi connectivity index (χ4n) is 1.84. The van der Waals surface area contributed by atoms with Crippen molar-refractivity contribution in [2.24, 2.45) is 11.8 Å². The fourth-order valence-corrected chi connectivity index (χ4v) is 1.84. The summed E-state index contributed by atoms with van der Waals surface area (Å²) in [4.78, 5) is 22.5. The van der Waals surface area contributed by atoms with Crippen molar-refractivity contribution in [1.82, 2.24) is 5.32 Å². The van der Waals surface area contributed by atoms with E-state index in [0.29, 0.717) is 12.5 Å². The molecule has 0 bridgehead atoms. The summed E-state index contributed by atoms with van der Waals surface area (Å²) in [6, 6.07) is -0.833. The minimum Gasteiger partial charge on any atom is -0.480 e. The number of ether oxygens (including phenoxy) is 1. The van der Waals surface area contributed by atoms with Crippen molar-refractivity contribution in [3.63, 3.8) is 0 Å². The van der Waals surface area contributed by atoms with Gasteiger partial charge in [-0.05, 0) is 25.2 Å². The van der Waals surface area contributed by atoms with Gasteiger partial charge in [0.15, 0.2) is 0 Å². The van der Waals surface area contributed by atoms with Crippen molar-refractivity contribution in [2.75, 3.05) is 6.61 Å². The highest BCUT2D eigenvalue weighted by atomic mass is 16.5. The Labute approximate surface area is 115 Å². The minimum absolute atomic E-state index is 0.119. The van der Waals surface area contributed by atoms with Crippen molar-refractivity contribution in [3.8, 4) is 0 Å². The Morgan fingerprint density at radius 3 is 2.16 bits per heavy atom. The van der Waals surface area contributed by atoms with Crippen molar-refractivity contribution in [3.05, 3.63) is 0 Å². The average molecular weight is 273 g/mol. The van der Waals surface area contributed by atoms with Crippen LogP contribution in [0.15, 0.2) is 0 Å². The third kappa shape index (κ3) is 8.59. The molecule has 0 heterocycles. The fraction of sp³-hybridized carbons (Fsp3) is 0.857. The van der Waals surface area contributed by atoms with E-state index in [2.05, 4.69) is 19.2 Å². The van der Waals surface area contributed by atoms with E-state index in [1.165, 1.54) is 0 Å². The van der Waals surface area contributed by atoms with Gasteiger partial charge in [-0.3, -0.25) is 4.79 Å². The molecule has 2 atom stereocenters. The van der Waals surface area contributed by atoms with E-state index in [1.807, 2.05) is 6.92 Å². The van der Waals surface area contributed by atoms with E-state index in [0.717, 1.165) is 6.42 Å². The molecule has 112 valence electrons. The molecule has 5 nitrogen and oxygen atoms in total. The lowest BCUT2D eigenvalue weighted by Gasteiger charge is -2.18. The van der Waals surface area contributed by atoms with Gasteiger partial charge in [-0.2, -0.15) is 0 Å². The summed E-state index contributed by atoms with van der Waals surface area (Å²) in [5, 5.41) is 11.5. The molecule has 0 saturated heterocycles. The summed E-state index contributed by atoms with van der Waals surface area (Å²) in [6.07, 6.45) is 1.26. The van der Waals surface area contributed by atoms with Gasteiger partial charge in [0.1, 0.15) is 6.04 Å². The topological polar surface area (TPSA) is 75.6 Å². The summed E-state index contributed by atoms with van der Waals surface area (Å²) in [6.45, 7) is 10.1. The predicted octanol–water partition coefficient (Wildman–Crippen LogP) is 2.05. The zero-order valence-electron chi connectivity index (χ0n) is 12.6. The molecule has 0 saturated carbocycles. The highest BCUT2D eigenvalue weighted by Crippen LogP contribution is 2.08. The van der Waals surface area contributed by atoms with E-state index in [-0.39, 0.29) is 24.3 Å². The molecular weight excluding hydrogens is 246 g/mol. The summed E-state index contributed by atoms with van der Waals surface area (Å²) in [7, 11) is 0. The Bertz CT molecular complexity index is 289. The van der Waals surface area contributed by atoms with E-state index in [9.17, 15) is 9.59 Å². The molecule has 0 aromatic carbocycles. The van der Waals surface area contributed by atoms with Gasteiger partial charge in [-0.25, -0.2) is 4.79 Å². The Kier molecular flexibility index (Phi) is 8.39. The van der Waals surface area contributed by atoms with Crippen LogP contribution in [0.5, 0.6) is 0 Å². The maximum absolute atomic E-state index is 11.6. The van der Waals surface area contributed by atoms with Gasteiger partial charge in [0, 0.05) is 6.42 Å².